The second-order valence-corrected chi connectivity index (χ2v) is 4.84. The average Bonchev–Trinajstić information content (AvgIpc) is 2.25. The molecule has 0 fully saturated rings. The Bertz CT molecular complexity index is 515. The Labute approximate surface area is 116 Å². The smallest absolute Gasteiger partial charge is 0.338 e. The van der Waals surface area contributed by atoms with Gasteiger partial charge in [-0.05, 0) is 19.9 Å². The van der Waals surface area contributed by atoms with Gasteiger partial charge in [0.1, 0.15) is 5.69 Å². The van der Waals surface area contributed by atoms with Crippen LogP contribution in [-0.2, 0) is 4.74 Å². The summed E-state index contributed by atoms with van der Waals surface area (Å²) in [4.78, 5) is 23.7. The fourth-order valence-electron chi connectivity index (χ4n) is 1.57. The fraction of sp³-hybridized carbons (Fsp3) is 0.417. The molecule has 0 atom stereocenters. The van der Waals surface area contributed by atoms with Gasteiger partial charge >= 0.3 is 5.97 Å². The number of anilines is 1. The number of rotatable bonds is 4. The van der Waals surface area contributed by atoms with Gasteiger partial charge in [-0.2, -0.15) is 0 Å². The number of hydrogen-bond acceptors (Lipinski definition) is 5. The summed E-state index contributed by atoms with van der Waals surface area (Å²) in [6.45, 7) is 3.39. The van der Waals surface area contributed by atoms with Crippen molar-refractivity contribution in [2.45, 2.75) is 20.0 Å². The first-order valence-corrected chi connectivity index (χ1v) is 5.98. The van der Waals surface area contributed by atoms with Crippen molar-refractivity contribution in [3.8, 4) is 0 Å². The molecule has 6 nitrogen and oxygen atoms in total. The lowest BCUT2D eigenvalue weighted by molar-refractivity contribution is -0.384. The Balaban J connectivity index is 3.32. The van der Waals surface area contributed by atoms with E-state index in [1.54, 1.807) is 27.9 Å². The molecule has 1 rings (SSSR count). The Morgan fingerprint density at radius 3 is 2.42 bits per heavy atom. The minimum atomic E-state index is -0.634. The van der Waals surface area contributed by atoms with Crippen molar-refractivity contribution < 1.29 is 14.5 Å². The highest BCUT2D eigenvalue weighted by molar-refractivity contribution is 6.34. The number of carbonyl (C=O) groups is 1. The van der Waals surface area contributed by atoms with E-state index in [2.05, 4.69) is 0 Å². The van der Waals surface area contributed by atoms with Crippen LogP contribution < -0.4 is 4.90 Å². The van der Waals surface area contributed by atoms with Crippen LogP contribution in [0.3, 0.4) is 0 Å². The first-order chi connectivity index (χ1) is 8.73. The van der Waals surface area contributed by atoms with Crippen molar-refractivity contribution in [1.29, 1.82) is 0 Å². The molecular formula is C12H15ClN2O4. The molecule has 1 aromatic carbocycles. The minimum Gasteiger partial charge on any atom is -0.459 e. The van der Waals surface area contributed by atoms with Gasteiger partial charge in [-0.3, -0.25) is 10.1 Å². The molecule has 7 heteroatoms. The van der Waals surface area contributed by atoms with E-state index in [4.69, 9.17) is 16.3 Å². The summed E-state index contributed by atoms with van der Waals surface area (Å²) >= 11 is 6.00. The lowest BCUT2D eigenvalue weighted by Crippen LogP contribution is -2.15. The second-order valence-electron chi connectivity index (χ2n) is 4.43. The van der Waals surface area contributed by atoms with Gasteiger partial charge in [-0.15, -0.1) is 0 Å². The number of ether oxygens (including phenoxy) is 1. The maximum absolute atomic E-state index is 11.7. The van der Waals surface area contributed by atoms with E-state index >= 15 is 0 Å². The molecule has 0 aliphatic carbocycles. The highest BCUT2D eigenvalue weighted by atomic mass is 35.5. The topological polar surface area (TPSA) is 72.7 Å². The standard InChI is InChI=1S/C12H15ClN2O4/c1-7(2)19-12(16)8-5-9(13)11(14(3)4)10(6-8)15(17)18/h5-7H,1-4H3. The minimum absolute atomic E-state index is 0.0657. The predicted octanol–water partition coefficient (Wildman–Crippen LogP) is 2.88. The van der Waals surface area contributed by atoms with Crippen LogP contribution in [0.2, 0.25) is 5.02 Å². The largest absolute Gasteiger partial charge is 0.459 e. The van der Waals surface area contributed by atoms with E-state index < -0.39 is 10.9 Å². The number of carbonyl (C=O) groups excluding carboxylic acids is 1. The fourth-order valence-corrected chi connectivity index (χ4v) is 1.95. The number of nitro groups is 1. The van der Waals surface area contributed by atoms with E-state index in [1.165, 1.54) is 17.0 Å². The summed E-state index contributed by atoms with van der Waals surface area (Å²) in [6, 6.07) is 2.54. The van der Waals surface area contributed by atoms with Crippen LogP contribution in [-0.4, -0.2) is 31.1 Å². The van der Waals surface area contributed by atoms with E-state index in [0.29, 0.717) is 0 Å². The quantitative estimate of drug-likeness (QED) is 0.483. The molecule has 19 heavy (non-hydrogen) atoms. The van der Waals surface area contributed by atoms with Crippen LogP contribution in [0.25, 0.3) is 0 Å². The molecule has 104 valence electrons. The van der Waals surface area contributed by atoms with Gasteiger partial charge < -0.3 is 9.64 Å². The first kappa shape index (κ1) is 15.2. The molecule has 0 heterocycles. The van der Waals surface area contributed by atoms with Crippen molar-refractivity contribution in [3.63, 3.8) is 0 Å². The monoisotopic (exact) mass is 286 g/mol. The Hall–Kier alpha value is -1.82. The Morgan fingerprint density at radius 1 is 1.42 bits per heavy atom. The summed E-state index contributed by atoms with van der Waals surface area (Å²) in [5, 5.41) is 11.2. The van der Waals surface area contributed by atoms with Crippen LogP contribution in [0.5, 0.6) is 0 Å². The summed E-state index contributed by atoms with van der Waals surface area (Å²) in [5.74, 6) is -0.634. The van der Waals surface area contributed by atoms with Gasteiger partial charge in [0.05, 0.1) is 21.6 Å². The van der Waals surface area contributed by atoms with Gasteiger partial charge in [-0.1, -0.05) is 11.6 Å². The van der Waals surface area contributed by atoms with Gasteiger partial charge in [0.15, 0.2) is 0 Å². The maximum atomic E-state index is 11.7. The van der Waals surface area contributed by atoms with Crippen molar-refractivity contribution in [2.24, 2.45) is 0 Å². The van der Waals surface area contributed by atoms with E-state index in [9.17, 15) is 14.9 Å². The molecule has 0 aliphatic rings. The molecular weight excluding hydrogens is 272 g/mol. The van der Waals surface area contributed by atoms with E-state index in [-0.39, 0.29) is 28.1 Å². The Morgan fingerprint density at radius 2 is 2.00 bits per heavy atom. The molecule has 0 radical (unpaired) electrons. The van der Waals surface area contributed by atoms with Crippen molar-refractivity contribution in [3.05, 3.63) is 32.8 Å². The van der Waals surface area contributed by atoms with Crippen molar-refractivity contribution >= 4 is 28.9 Å². The lowest BCUT2D eigenvalue weighted by Gasteiger charge is -2.15. The van der Waals surface area contributed by atoms with E-state index in [0.717, 1.165) is 0 Å². The maximum Gasteiger partial charge on any atom is 0.338 e. The van der Waals surface area contributed by atoms with Crippen LogP contribution in [0, 0.1) is 10.1 Å². The molecule has 0 N–H and O–H groups in total. The summed E-state index contributed by atoms with van der Waals surface area (Å²) in [5.41, 5.74) is 0.0944. The zero-order valence-electron chi connectivity index (χ0n) is 11.1. The highest BCUT2D eigenvalue weighted by Gasteiger charge is 2.23. The normalized spacial score (nSPS) is 10.4. The molecule has 0 aliphatic heterocycles. The molecule has 0 aromatic heterocycles. The van der Waals surface area contributed by atoms with Crippen molar-refractivity contribution in [2.75, 3.05) is 19.0 Å². The number of hydrogen-bond donors (Lipinski definition) is 0. The third-order valence-corrected chi connectivity index (χ3v) is 2.55. The number of benzene rings is 1. The molecule has 0 saturated carbocycles. The summed E-state index contributed by atoms with van der Waals surface area (Å²) in [6.07, 6.45) is -0.307. The first-order valence-electron chi connectivity index (χ1n) is 5.60. The molecule has 1 aromatic rings. The Kier molecular flexibility index (Phi) is 4.72. The van der Waals surface area contributed by atoms with E-state index in [1.807, 2.05) is 0 Å². The highest BCUT2D eigenvalue weighted by Crippen LogP contribution is 2.35. The van der Waals surface area contributed by atoms with Gasteiger partial charge in [-0.25, -0.2) is 4.79 Å². The van der Waals surface area contributed by atoms with Gasteiger partial charge in [0.2, 0.25) is 0 Å². The van der Waals surface area contributed by atoms with Crippen LogP contribution in [0.15, 0.2) is 12.1 Å². The summed E-state index contributed by atoms with van der Waals surface area (Å²) in [7, 11) is 3.28. The van der Waals surface area contributed by atoms with Crippen LogP contribution in [0.1, 0.15) is 24.2 Å². The SMILES string of the molecule is CC(C)OC(=O)c1cc(Cl)c(N(C)C)c([N+](=O)[O-])c1. The van der Waals surface area contributed by atoms with Gasteiger partial charge in [0, 0.05) is 20.2 Å². The van der Waals surface area contributed by atoms with Crippen LogP contribution in [0.4, 0.5) is 11.4 Å². The molecule has 0 saturated heterocycles. The predicted molar refractivity (Wildman–Crippen MR) is 73.0 cm³/mol. The second kappa shape index (κ2) is 5.88. The summed E-state index contributed by atoms with van der Waals surface area (Å²) < 4.78 is 4.99. The van der Waals surface area contributed by atoms with Gasteiger partial charge in [0.25, 0.3) is 5.69 Å². The number of nitrogens with zero attached hydrogens (tertiary/aromatic N) is 2. The average molecular weight is 287 g/mol. The molecule has 0 amide bonds. The molecule has 0 bridgehead atoms. The third kappa shape index (κ3) is 3.57. The number of halogens is 1. The van der Waals surface area contributed by atoms with Crippen LogP contribution >= 0.6 is 11.6 Å². The third-order valence-electron chi connectivity index (χ3n) is 2.27. The number of nitro benzene ring substituents is 1. The zero-order chi connectivity index (χ0) is 14.7. The van der Waals surface area contributed by atoms with Crippen molar-refractivity contribution in [1.82, 2.24) is 0 Å². The molecule has 0 unspecified atom stereocenters. The number of esters is 1. The lowest BCUT2D eigenvalue weighted by atomic mass is 10.1. The zero-order valence-corrected chi connectivity index (χ0v) is 11.9. The molecule has 0 spiro atoms.